The molecule has 0 unspecified atom stereocenters. The second kappa shape index (κ2) is 3.61. The first kappa shape index (κ1) is 11.2. The second-order valence-electron chi connectivity index (χ2n) is 3.04. The molecule has 0 saturated heterocycles. The van der Waals surface area contributed by atoms with E-state index in [1.54, 1.807) is 5.10 Å². The SMILES string of the molecule is O=C(O)c1cnoc1-c1cc(C(F)(F)F)[nH]n1. The predicted octanol–water partition coefficient (Wildman–Crippen LogP) is 1.78. The van der Waals surface area contributed by atoms with Gasteiger partial charge in [0.1, 0.15) is 17.0 Å². The minimum Gasteiger partial charge on any atom is -0.477 e. The third kappa shape index (κ3) is 1.98. The van der Waals surface area contributed by atoms with Crippen molar-refractivity contribution < 1.29 is 27.6 Å². The van der Waals surface area contributed by atoms with Crippen LogP contribution in [0.1, 0.15) is 16.1 Å². The molecule has 2 aromatic heterocycles. The number of aromatic nitrogens is 3. The third-order valence-electron chi connectivity index (χ3n) is 1.92. The molecule has 0 amide bonds. The van der Waals surface area contributed by atoms with Crippen molar-refractivity contribution in [3.8, 4) is 11.5 Å². The highest BCUT2D eigenvalue weighted by Gasteiger charge is 2.34. The van der Waals surface area contributed by atoms with Crippen LogP contribution in [-0.4, -0.2) is 26.4 Å². The first-order valence-corrected chi connectivity index (χ1v) is 4.20. The smallest absolute Gasteiger partial charge is 0.432 e. The van der Waals surface area contributed by atoms with Crippen molar-refractivity contribution in [2.24, 2.45) is 0 Å². The highest BCUT2D eigenvalue weighted by Crippen LogP contribution is 2.31. The number of alkyl halides is 3. The molecule has 0 fully saturated rings. The van der Waals surface area contributed by atoms with Crippen LogP contribution in [0.2, 0.25) is 0 Å². The molecule has 2 aromatic rings. The van der Waals surface area contributed by atoms with Crippen LogP contribution in [0.3, 0.4) is 0 Å². The van der Waals surface area contributed by atoms with Gasteiger partial charge in [0.05, 0.1) is 6.20 Å². The van der Waals surface area contributed by atoms with Crippen LogP contribution in [0.25, 0.3) is 11.5 Å². The molecule has 9 heteroatoms. The maximum atomic E-state index is 12.3. The Hall–Kier alpha value is -2.32. The van der Waals surface area contributed by atoms with E-state index in [-0.39, 0.29) is 17.0 Å². The number of hydrogen-bond donors (Lipinski definition) is 2. The molecule has 0 radical (unpaired) electrons. The van der Waals surface area contributed by atoms with E-state index < -0.39 is 17.8 Å². The van der Waals surface area contributed by atoms with Crippen molar-refractivity contribution >= 4 is 5.97 Å². The molecule has 0 saturated carbocycles. The van der Waals surface area contributed by atoms with Crippen LogP contribution in [0.5, 0.6) is 0 Å². The monoisotopic (exact) mass is 247 g/mol. The van der Waals surface area contributed by atoms with Gasteiger partial charge in [0.2, 0.25) is 5.76 Å². The first-order chi connectivity index (χ1) is 7.89. The Morgan fingerprint density at radius 2 is 2.18 bits per heavy atom. The lowest BCUT2D eigenvalue weighted by molar-refractivity contribution is -0.141. The molecular weight excluding hydrogens is 243 g/mol. The number of nitrogens with zero attached hydrogens (tertiary/aromatic N) is 2. The molecule has 0 bridgehead atoms. The molecule has 90 valence electrons. The zero-order valence-electron chi connectivity index (χ0n) is 7.95. The summed E-state index contributed by atoms with van der Waals surface area (Å²) in [6.45, 7) is 0. The molecule has 17 heavy (non-hydrogen) atoms. The Kier molecular flexibility index (Phi) is 2.37. The summed E-state index contributed by atoms with van der Waals surface area (Å²) in [7, 11) is 0. The number of aromatic carboxylic acids is 1. The minimum atomic E-state index is -4.59. The first-order valence-electron chi connectivity index (χ1n) is 4.20. The molecule has 0 aromatic carbocycles. The van der Waals surface area contributed by atoms with Gasteiger partial charge >= 0.3 is 12.1 Å². The molecule has 0 aliphatic carbocycles. The molecule has 0 spiro atoms. The molecule has 2 rings (SSSR count). The topological polar surface area (TPSA) is 92.0 Å². The molecule has 0 aliphatic rings. The fourth-order valence-electron chi connectivity index (χ4n) is 1.16. The van der Waals surface area contributed by atoms with Crippen LogP contribution in [0, 0.1) is 0 Å². The average molecular weight is 247 g/mol. The third-order valence-corrected chi connectivity index (χ3v) is 1.92. The van der Waals surface area contributed by atoms with Gasteiger partial charge in [0, 0.05) is 0 Å². The summed E-state index contributed by atoms with van der Waals surface area (Å²) >= 11 is 0. The van der Waals surface area contributed by atoms with Gasteiger partial charge < -0.3 is 9.63 Å². The van der Waals surface area contributed by atoms with E-state index in [1.165, 1.54) is 0 Å². The van der Waals surface area contributed by atoms with E-state index in [0.29, 0.717) is 6.07 Å². The Labute approximate surface area is 91.0 Å². The summed E-state index contributed by atoms with van der Waals surface area (Å²) < 4.78 is 41.4. The zero-order chi connectivity index (χ0) is 12.6. The molecular formula is C8H4F3N3O3. The zero-order valence-corrected chi connectivity index (χ0v) is 7.95. The quantitative estimate of drug-likeness (QED) is 0.843. The maximum absolute atomic E-state index is 12.3. The summed E-state index contributed by atoms with van der Waals surface area (Å²) in [4.78, 5) is 10.7. The number of rotatable bonds is 2. The molecule has 2 heterocycles. The lowest BCUT2D eigenvalue weighted by atomic mass is 10.2. The maximum Gasteiger partial charge on any atom is 0.432 e. The van der Waals surface area contributed by atoms with Gasteiger partial charge in [-0.25, -0.2) is 4.79 Å². The largest absolute Gasteiger partial charge is 0.477 e. The summed E-state index contributed by atoms with van der Waals surface area (Å²) in [6.07, 6.45) is -3.70. The van der Waals surface area contributed by atoms with Crippen LogP contribution < -0.4 is 0 Å². The highest BCUT2D eigenvalue weighted by molar-refractivity contribution is 5.93. The summed E-state index contributed by atoms with van der Waals surface area (Å²) in [5.41, 5.74) is -1.72. The lowest BCUT2D eigenvalue weighted by Gasteiger charge is -1.99. The number of nitrogens with one attached hydrogen (secondary N) is 1. The van der Waals surface area contributed by atoms with Gasteiger partial charge in [-0.05, 0) is 6.07 Å². The Morgan fingerprint density at radius 1 is 1.47 bits per heavy atom. The number of carbonyl (C=O) groups is 1. The normalized spacial score (nSPS) is 11.7. The Bertz CT molecular complexity index is 558. The highest BCUT2D eigenvalue weighted by atomic mass is 19.4. The van der Waals surface area contributed by atoms with Crippen LogP contribution in [0.15, 0.2) is 16.8 Å². The predicted molar refractivity (Wildman–Crippen MR) is 46.0 cm³/mol. The van der Waals surface area contributed by atoms with Crippen molar-refractivity contribution in [3.05, 3.63) is 23.5 Å². The molecule has 6 nitrogen and oxygen atoms in total. The van der Waals surface area contributed by atoms with Crippen molar-refractivity contribution in [3.63, 3.8) is 0 Å². The van der Waals surface area contributed by atoms with Crippen LogP contribution >= 0.6 is 0 Å². The number of carboxylic acids is 1. The van der Waals surface area contributed by atoms with E-state index in [9.17, 15) is 18.0 Å². The number of H-pyrrole nitrogens is 1. The van der Waals surface area contributed by atoms with E-state index in [0.717, 1.165) is 6.20 Å². The van der Waals surface area contributed by atoms with E-state index >= 15 is 0 Å². The standard InChI is InChI=1S/C8H4F3N3O3/c9-8(10,11)5-1-4(13-14-5)6-3(7(15)16)2-12-17-6/h1-2H,(H,13,14)(H,15,16). The van der Waals surface area contributed by atoms with Crippen molar-refractivity contribution in [2.75, 3.05) is 0 Å². The average Bonchev–Trinajstić information content (AvgIpc) is 2.85. The Balaban J connectivity index is 2.44. The number of carboxylic acid groups (broad SMARTS) is 1. The molecule has 2 N–H and O–H groups in total. The van der Waals surface area contributed by atoms with Gasteiger partial charge in [-0.1, -0.05) is 5.16 Å². The van der Waals surface area contributed by atoms with Gasteiger partial charge in [0.15, 0.2) is 0 Å². The van der Waals surface area contributed by atoms with E-state index in [2.05, 4.69) is 14.8 Å². The van der Waals surface area contributed by atoms with Gasteiger partial charge in [0.25, 0.3) is 0 Å². The van der Waals surface area contributed by atoms with E-state index in [1.807, 2.05) is 0 Å². The summed E-state index contributed by atoms with van der Waals surface area (Å²) in [5.74, 6) is -1.69. The Morgan fingerprint density at radius 3 is 2.71 bits per heavy atom. The number of aromatic amines is 1. The van der Waals surface area contributed by atoms with Crippen molar-refractivity contribution in [2.45, 2.75) is 6.18 Å². The number of halogens is 3. The minimum absolute atomic E-state index is 0.271. The van der Waals surface area contributed by atoms with Gasteiger partial charge in [-0.2, -0.15) is 18.3 Å². The number of hydrogen-bond acceptors (Lipinski definition) is 4. The van der Waals surface area contributed by atoms with Gasteiger partial charge in [-0.15, -0.1) is 0 Å². The summed E-state index contributed by atoms with van der Waals surface area (Å²) in [5, 5.41) is 17.0. The fraction of sp³-hybridized carbons (Fsp3) is 0.125. The molecule has 0 atom stereocenters. The van der Waals surface area contributed by atoms with Crippen molar-refractivity contribution in [1.29, 1.82) is 0 Å². The van der Waals surface area contributed by atoms with Gasteiger partial charge in [-0.3, -0.25) is 5.10 Å². The lowest BCUT2D eigenvalue weighted by Crippen LogP contribution is -2.04. The van der Waals surface area contributed by atoms with Crippen LogP contribution in [-0.2, 0) is 6.18 Å². The summed E-state index contributed by atoms with van der Waals surface area (Å²) in [6, 6.07) is 0.646. The molecule has 0 aliphatic heterocycles. The van der Waals surface area contributed by atoms with Crippen LogP contribution in [0.4, 0.5) is 13.2 Å². The second-order valence-corrected chi connectivity index (χ2v) is 3.04. The van der Waals surface area contributed by atoms with E-state index in [4.69, 9.17) is 5.11 Å². The fourth-order valence-corrected chi connectivity index (χ4v) is 1.16. The van der Waals surface area contributed by atoms with Crippen molar-refractivity contribution in [1.82, 2.24) is 15.4 Å².